The maximum absolute atomic E-state index is 12.0. The van der Waals surface area contributed by atoms with E-state index in [1.165, 1.54) is 0 Å². The molecular weight excluding hydrogens is 157 g/mol. The molecule has 0 spiro atoms. The summed E-state index contributed by atoms with van der Waals surface area (Å²) < 4.78 is 35.9. The summed E-state index contributed by atoms with van der Waals surface area (Å²) in [6, 6.07) is -1.49. The number of halogens is 3. The Labute approximate surface area is 62.9 Å². The van der Waals surface area contributed by atoms with Gasteiger partial charge in [0.25, 0.3) is 0 Å². The lowest BCUT2D eigenvalue weighted by Crippen LogP contribution is -2.42. The van der Waals surface area contributed by atoms with Crippen molar-refractivity contribution in [3.63, 3.8) is 0 Å². The Hall–Kier alpha value is -0.290. The molecule has 66 valence electrons. The molecule has 0 saturated carbocycles. The van der Waals surface area contributed by atoms with Crippen molar-refractivity contribution in [3.05, 3.63) is 0 Å². The average molecular weight is 168 g/mol. The first-order chi connectivity index (χ1) is 5.04. The molecule has 0 aliphatic carbocycles. The molecule has 0 bridgehead atoms. The van der Waals surface area contributed by atoms with E-state index in [0.717, 1.165) is 0 Å². The first kappa shape index (κ1) is 8.80. The van der Waals surface area contributed by atoms with Crippen molar-refractivity contribution < 1.29 is 13.2 Å². The van der Waals surface area contributed by atoms with Crippen molar-refractivity contribution in [2.75, 3.05) is 6.54 Å². The third-order valence-electron chi connectivity index (χ3n) is 1.92. The van der Waals surface area contributed by atoms with Crippen LogP contribution in [0.2, 0.25) is 0 Å². The van der Waals surface area contributed by atoms with E-state index in [4.69, 9.17) is 5.73 Å². The van der Waals surface area contributed by atoms with Crippen LogP contribution in [0.4, 0.5) is 13.2 Å². The Kier molecular flexibility index (Phi) is 2.39. The molecule has 1 aliphatic heterocycles. The highest BCUT2D eigenvalue weighted by molar-refractivity contribution is 4.88. The van der Waals surface area contributed by atoms with Gasteiger partial charge in [-0.05, 0) is 12.8 Å². The molecule has 11 heavy (non-hydrogen) atoms. The molecule has 0 aromatic carbocycles. The average Bonchev–Trinajstić information content (AvgIpc) is 2.32. The van der Waals surface area contributed by atoms with E-state index in [9.17, 15) is 13.2 Å². The smallest absolute Gasteiger partial charge is 0.329 e. The fourth-order valence-corrected chi connectivity index (χ4v) is 1.26. The van der Waals surface area contributed by atoms with Crippen LogP contribution in [0, 0.1) is 0 Å². The van der Waals surface area contributed by atoms with E-state index in [-0.39, 0.29) is 19.0 Å². The molecule has 5 heteroatoms. The minimum absolute atomic E-state index is 0.151. The van der Waals surface area contributed by atoms with Crippen LogP contribution in [0.25, 0.3) is 0 Å². The van der Waals surface area contributed by atoms with Gasteiger partial charge in [0.2, 0.25) is 0 Å². The lowest BCUT2D eigenvalue weighted by Gasteiger charge is -2.15. The maximum Gasteiger partial charge on any atom is 0.403 e. The highest BCUT2D eigenvalue weighted by Gasteiger charge is 2.43. The Morgan fingerprint density at radius 3 is 2.27 bits per heavy atom. The van der Waals surface area contributed by atoms with Crippen molar-refractivity contribution in [2.24, 2.45) is 5.73 Å². The lowest BCUT2D eigenvalue weighted by atomic mass is 10.2. The summed E-state index contributed by atoms with van der Waals surface area (Å²) >= 11 is 0. The van der Waals surface area contributed by atoms with E-state index >= 15 is 0 Å². The second kappa shape index (κ2) is 2.98. The fourth-order valence-electron chi connectivity index (χ4n) is 1.26. The largest absolute Gasteiger partial charge is 0.403 e. The number of nitrogens with one attached hydrogen (secondary N) is 1. The molecule has 0 aromatic rings. The second-order valence-corrected chi connectivity index (χ2v) is 2.77. The van der Waals surface area contributed by atoms with Crippen LogP contribution in [0.15, 0.2) is 0 Å². The Morgan fingerprint density at radius 1 is 1.36 bits per heavy atom. The first-order valence-corrected chi connectivity index (χ1v) is 3.57. The van der Waals surface area contributed by atoms with Gasteiger partial charge in [-0.3, -0.25) is 0 Å². The summed E-state index contributed by atoms with van der Waals surface area (Å²) in [7, 11) is 0. The molecule has 1 aliphatic rings. The van der Waals surface area contributed by atoms with E-state index < -0.39 is 12.2 Å². The number of hydrogen-bond donors (Lipinski definition) is 2. The second-order valence-electron chi connectivity index (χ2n) is 2.77. The molecule has 1 fully saturated rings. The molecule has 1 saturated heterocycles. The van der Waals surface area contributed by atoms with E-state index in [2.05, 4.69) is 5.32 Å². The quantitative estimate of drug-likeness (QED) is 0.602. The molecular formula is C6H11F3N2. The van der Waals surface area contributed by atoms with Crippen LogP contribution in [-0.4, -0.2) is 24.8 Å². The van der Waals surface area contributed by atoms with Crippen LogP contribution in [-0.2, 0) is 0 Å². The van der Waals surface area contributed by atoms with E-state index in [1.807, 2.05) is 0 Å². The van der Waals surface area contributed by atoms with Gasteiger partial charge in [-0.15, -0.1) is 0 Å². The summed E-state index contributed by atoms with van der Waals surface area (Å²) in [6.07, 6.45) is -3.42. The van der Waals surface area contributed by atoms with Crippen LogP contribution in [0.1, 0.15) is 12.8 Å². The van der Waals surface area contributed by atoms with Gasteiger partial charge in [0.05, 0.1) is 0 Å². The number of nitrogens with two attached hydrogens (primary N) is 1. The predicted octanol–water partition coefficient (Wildman–Crippen LogP) is 0.628. The molecule has 1 heterocycles. The van der Waals surface area contributed by atoms with E-state index in [0.29, 0.717) is 6.42 Å². The highest BCUT2D eigenvalue weighted by atomic mass is 19.4. The molecule has 0 aromatic heterocycles. The van der Waals surface area contributed by atoms with Crippen LogP contribution in [0.3, 0.4) is 0 Å². The number of alkyl halides is 3. The van der Waals surface area contributed by atoms with Gasteiger partial charge >= 0.3 is 6.18 Å². The topological polar surface area (TPSA) is 38.0 Å². The zero-order valence-corrected chi connectivity index (χ0v) is 5.99. The van der Waals surface area contributed by atoms with Gasteiger partial charge in [0.1, 0.15) is 6.04 Å². The molecule has 0 amide bonds. The molecule has 0 radical (unpaired) electrons. The summed E-state index contributed by atoms with van der Waals surface area (Å²) in [5.74, 6) is 0. The van der Waals surface area contributed by atoms with Crippen LogP contribution >= 0.6 is 0 Å². The van der Waals surface area contributed by atoms with Crippen molar-refractivity contribution in [1.82, 2.24) is 5.32 Å². The summed E-state index contributed by atoms with van der Waals surface area (Å²) in [5, 5.41) is 2.43. The number of hydrogen-bond acceptors (Lipinski definition) is 2. The normalized spacial score (nSPS) is 32.7. The van der Waals surface area contributed by atoms with Crippen molar-refractivity contribution in [2.45, 2.75) is 31.1 Å². The highest BCUT2D eigenvalue weighted by Crippen LogP contribution is 2.27. The Morgan fingerprint density at radius 2 is 2.00 bits per heavy atom. The van der Waals surface area contributed by atoms with Gasteiger partial charge in [0.15, 0.2) is 0 Å². The van der Waals surface area contributed by atoms with Gasteiger partial charge in [-0.25, -0.2) is 0 Å². The van der Waals surface area contributed by atoms with Gasteiger partial charge < -0.3 is 11.1 Å². The minimum atomic E-state index is -4.11. The third kappa shape index (κ3) is 2.07. The van der Waals surface area contributed by atoms with Gasteiger partial charge in [-0.1, -0.05) is 0 Å². The zero-order chi connectivity index (χ0) is 8.48. The van der Waals surface area contributed by atoms with E-state index in [1.54, 1.807) is 0 Å². The van der Waals surface area contributed by atoms with Crippen molar-refractivity contribution >= 4 is 0 Å². The van der Waals surface area contributed by atoms with Crippen molar-refractivity contribution in [1.29, 1.82) is 0 Å². The SMILES string of the molecule is NC[C@@H]1CC[C@H](C(F)(F)F)N1. The molecule has 2 nitrogen and oxygen atoms in total. The number of rotatable bonds is 1. The predicted molar refractivity (Wildman–Crippen MR) is 35.1 cm³/mol. The fraction of sp³-hybridized carbons (Fsp3) is 1.00. The van der Waals surface area contributed by atoms with Crippen molar-refractivity contribution in [3.8, 4) is 0 Å². The van der Waals surface area contributed by atoms with Crippen LogP contribution in [0.5, 0.6) is 0 Å². The Bertz CT molecular complexity index is 134. The minimum Gasteiger partial charge on any atom is -0.329 e. The zero-order valence-electron chi connectivity index (χ0n) is 5.99. The summed E-state index contributed by atoms with van der Waals surface area (Å²) in [4.78, 5) is 0. The molecule has 2 atom stereocenters. The van der Waals surface area contributed by atoms with Crippen LogP contribution < -0.4 is 11.1 Å². The van der Waals surface area contributed by atoms with Gasteiger partial charge in [-0.2, -0.15) is 13.2 Å². The molecule has 1 rings (SSSR count). The van der Waals surface area contributed by atoms with Gasteiger partial charge in [0, 0.05) is 12.6 Å². The third-order valence-corrected chi connectivity index (χ3v) is 1.92. The maximum atomic E-state index is 12.0. The summed E-state index contributed by atoms with van der Waals surface area (Å²) in [5.41, 5.74) is 5.21. The first-order valence-electron chi connectivity index (χ1n) is 3.57. The monoisotopic (exact) mass is 168 g/mol. The standard InChI is InChI=1S/C6H11F3N2/c7-6(8,9)5-2-1-4(3-10)11-5/h4-5,11H,1-3,10H2/t4-,5+/m0/s1. The lowest BCUT2D eigenvalue weighted by molar-refractivity contribution is -0.152. The summed E-state index contributed by atoms with van der Waals surface area (Å²) in [6.45, 7) is 0.284. The molecule has 0 unspecified atom stereocenters. The Balaban J connectivity index is 2.42. The molecule has 3 N–H and O–H groups in total.